The Labute approximate surface area is 318 Å². The summed E-state index contributed by atoms with van der Waals surface area (Å²) in [6.07, 6.45) is 2.95. The highest BCUT2D eigenvalue weighted by Gasteiger charge is 2.20. The third-order valence-corrected chi connectivity index (χ3v) is 8.57. The van der Waals surface area contributed by atoms with Crippen LogP contribution in [0, 0.1) is 17.7 Å². The van der Waals surface area contributed by atoms with Crippen LogP contribution in [-0.2, 0) is 28.5 Å². The molecule has 0 saturated heterocycles. The molecule has 1 N–H and O–H groups in total. The Morgan fingerprint density at radius 2 is 1.08 bits per heavy atom. The first-order valence-electron chi connectivity index (χ1n) is 19.4. The van der Waals surface area contributed by atoms with Crippen LogP contribution >= 0.6 is 0 Å². The average molecular weight is 747 g/mol. The second-order valence-corrected chi connectivity index (χ2v) is 14.4. The van der Waals surface area contributed by atoms with Gasteiger partial charge in [0, 0.05) is 95.1 Å². The molecule has 2 rings (SSSR count). The molecule has 11 heteroatoms. The van der Waals surface area contributed by atoms with E-state index in [2.05, 4.69) is 50.0 Å². The van der Waals surface area contributed by atoms with Crippen molar-refractivity contribution in [1.82, 2.24) is 5.32 Å². The number of ketones is 2. The van der Waals surface area contributed by atoms with Crippen LogP contribution in [0.3, 0.4) is 0 Å². The van der Waals surface area contributed by atoms with Crippen molar-refractivity contribution in [3.63, 3.8) is 0 Å². The summed E-state index contributed by atoms with van der Waals surface area (Å²) in [6.45, 7) is 21.1. The van der Waals surface area contributed by atoms with Crippen molar-refractivity contribution in [2.75, 3.05) is 77.5 Å². The molecule has 2 aromatic carbocycles. The van der Waals surface area contributed by atoms with Crippen molar-refractivity contribution in [3.05, 3.63) is 53.8 Å². The molecule has 1 unspecified atom stereocenters. The number of nitrogens with one attached hydrogen (secondary N) is 1. The van der Waals surface area contributed by atoms with Crippen molar-refractivity contribution >= 4 is 17.3 Å². The van der Waals surface area contributed by atoms with Gasteiger partial charge in [-0.05, 0) is 70.4 Å². The lowest BCUT2D eigenvalue weighted by Gasteiger charge is -2.33. The van der Waals surface area contributed by atoms with E-state index in [1.54, 1.807) is 6.07 Å². The van der Waals surface area contributed by atoms with E-state index in [1.807, 2.05) is 45.9 Å². The third-order valence-electron chi connectivity index (χ3n) is 8.57. The Balaban J connectivity index is 1.66. The van der Waals surface area contributed by atoms with Gasteiger partial charge in [0.1, 0.15) is 30.5 Å². The van der Waals surface area contributed by atoms with Crippen LogP contribution in [0.15, 0.2) is 42.5 Å². The van der Waals surface area contributed by atoms with Gasteiger partial charge in [-0.15, -0.1) is 0 Å². The van der Waals surface area contributed by atoms with Gasteiger partial charge < -0.3 is 38.6 Å². The number of hydrogen-bond donors (Lipinski definition) is 1. The first-order chi connectivity index (χ1) is 25.4. The molecule has 0 aromatic heterocycles. The molecule has 0 radical (unpaired) electrons. The van der Waals surface area contributed by atoms with Gasteiger partial charge in [-0.1, -0.05) is 39.8 Å². The number of rotatable bonds is 31. The van der Waals surface area contributed by atoms with Crippen molar-refractivity contribution < 1.29 is 42.4 Å². The van der Waals surface area contributed by atoms with E-state index in [-0.39, 0.29) is 60.6 Å². The fourth-order valence-corrected chi connectivity index (χ4v) is 5.23. The van der Waals surface area contributed by atoms with Crippen LogP contribution in [-0.4, -0.2) is 96.3 Å². The molecule has 0 aliphatic rings. The smallest absolute Gasteiger partial charge is 0.160 e. The molecule has 2 aromatic rings. The highest BCUT2D eigenvalue weighted by molar-refractivity contribution is 5.81. The van der Waals surface area contributed by atoms with E-state index in [4.69, 9.17) is 28.4 Å². The number of anilines is 1. The highest BCUT2D eigenvalue weighted by Crippen LogP contribution is 2.27. The number of hydrogen-bond acceptors (Lipinski definition) is 10. The van der Waals surface area contributed by atoms with Crippen LogP contribution in [0.25, 0.3) is 0 Å². The lowest BCUT2D eigenvalue weighted by molar-refractivity contribution is -0.127. The Hall–Kier alpha value is -3.09. The van der Waals surface area contributed by atoms with Crippen molar-refractivity contribution in [2.24, 2.45) is 11.8 Å². The average Bonchev–Trinajstić information content (AvgIpc) is 3.12. The summed E-state index contributed by atoms with van der Waals surface area (Å²) < 4.78 is 49.1. The third kappa shape index (κ3) is 19.7. The number of Topliss-reactive ketones (excluding diaryl/α,β-unsaturated/α-hetero) is 2. The van der Waals surface area contributed by atoms with Gasteiger partial charge in [0.15, 0.2) is 11.6 Å². The zero-order valence-electron chi connectivity index (χ0n) is 33.6. The maximum atomic E-state index is 15.4. The number of halogens is 1. The highest BCUT2D eigenvalue weighted by atomic mass is 19.1. The molecule has 53 heavy (non-hydrogen) atoms. The summed E-state index contributed by atoms with van der Waals surface area (Å²) in [7, 11) is 0. The molecular formula is C42H67FN2O8. The van der Waals surface area contributed by atoms with Crippen molar-refractivity contribution in [3.8, 4) is 11.5 Å². The van der Waals surface area contributed by atoms with E-state index in [1.165, 1.54) is 6.07 Å². The number of carbonyl (C=O) groups is 2. The number of ether oxygens (including phenoxy) is 6. The van der Waals surface area contributed by atoms with Gasteiger partial charge in [0.05, 0.1) is 18.9 Å². The van der Waals surface area contributed by atoms with Crippen molar-refractivity contribution in [1.29, 1.82) is 0 Å². The quantitative estimate of drug-likeness (QED) is 0.0776. The minimum atomic E-state index is -0.313. The second-order valence-electron chi connectivity index (χ2n) is 14.4. The Morgan fingerprint density at radius 3 is 1.55 bits per heavy atom. The second kappa shape index (κ2) is 26.6. The molecule has 0 fully saturated rings. The molecule has 10 nitrogen and oxygen atoms in total. The zero-order chi connectivity index (χ0) is 39.0. The first kappa shape index (κ1) is 46.1. The maximum absolute atomic E-state index is 15.4. The van der Waals surface area contributed by atoms with Crippen LogP contribution in [0.1, 0.15) is 92.7 Å². The summed E-state index contributed by atoms with van der Waals surface area (Å²) in [5.74, 6) is 1.22. The largest absolute Gasteiger partial charge is 0.494 e. The summed E-state index contributed by atoms with van der Waals surface area (Å²) in [6, 6.07) is 13.4. The van der Waals surface area contributed by atoms with Crippen molar-refractivity contribution in [2.45, 2.75) is 99.2 Å². The zero-order valence-corrected chi connectivity index (χ0v) is 33.6. The monoisotopic (exact) mass is 746 g/mol. The van der Waals surface area contributed by atoms with Gasteiger partial charge in [-0.2, -0.15) is 0 Å². The molecule has 2 atom stereocenters. The fraction of sp³-hybridized carbons (Fsp3) is 0.667. The lowest BCUT2D eigenvalue weighted by Crippen LogP contribution is -2.43. The molecule has 0 spiro atoms. The summed E-state index contributed by atoms with van der Waals surface area (Å²) >= 11 is 0. The summed E-state index contributed by atoms with van der Waals surface area (Å²) in [4.78, 5) is 25.2. The number of carbonyl (C=O) groups excluding carboxylic acids is 2. The molecule has 0 aliphatic heterocycles. The molecule has 300 valence electrons. The molecule has 0 heterocycles. The van der Waals surface area contributed by atoms with Crippen LogP contribution in [0.4, 0.5) is 10.1 Å². The lowest BCUT2D eigenvalue weighted by atomic mass is 10.1. The number of nitrogens with zero attached hydrogens (tertiary/aromatic N) is 1. The summed E-state index contributed by atoms with van der Waals surface area (Å²) in [5, 5.41) is 3.66. The van der Waals surface area contributed by atoms with E-state index < -0.39 is 0 Å². The van der Waals surface area contributed by atoms with E-state index >= 15 is 4.39 Å². The minimum Gasteiger partial charge on any atom is -0.494 e. The summed E-state index contributed by atoms with van der Waals surface area (Å²) in [5.41, 5.74) is 1.69. The minimum absolute atomic E-state index is 0.00555. The van der Waals surface area contributed by atoms with Gasteiger partial charge in [0.2, 0.25) is 0 Å². The fourth-order valence-electron chi connectivity index (χ4n) is 5.23. The van der Waals surface area contributed by atoms with Gasteiger partial charge in [-0.25, -0.2) is 4.39 Å². The normalized spacial score (nSPS) is 12.8. The van der Waals surface area contributed by atoms with Gasteiger partial charge >= 0.3 is 0 Å². The molecule has 0 amide bonds. The molecular weight excluding hydrogens is 679 g/mol. The van der Waals surface area contributed by atoms with Gasteiger partial charge in [-0.3, -0.25) is 9.59 Å². The van der Waals surface area contributed by atoms with E-state index in [0.717, 1.165) is 30.6 Å². The first-order valence-corrected chi connectivity index (χ1v) is 19.4. The predicted molar refractivity (Wildman–Crippen MR) is 209 cm³/mol. The topological polar surface area (TPSA) is 105 Å². The van der Waals surface area contributed by atoms with Crippen LogP contribution < -0.4 is 19.7 Å². The molecule has 0 bridgehead atoms. The SMILES string of the molecule is CC(CN(c1ccc(OCCCOCCCOCC(=O)C(C)C)cc1F)C(C)C)N[C@H](C)c1ccc(OCCCOCCCOCC(=O)C(C)C)cc1. The molecule has 0 aliphatic carbocycles. The Kier molecular flexibility index (Phi) is 23.2. The van der Waals surface area contributed by atoms with Gasteiger partial charge in [0.25, 0.3) is 0 Å². The number of benzene rings is 2. The molecule has 0 saturated carbocycles. The standard InChI is InChI=1S/C42H67FN2O8/c1-31(2)41(46)29-50-23-9-19-48-21-11-25-52-37-15-13-36(14-16-37)35(8)44-34(7)28-45(33(5)6)40-18-17-38(27-39(40)43)53-26-12-22-49-20-10-24-51-30-42(47)32(3)4/h13-18,27,31-35,44H,9-12,19-26,28-30H2,1-8H3/t34?,35-/m1/s1. The maximum Gasteiger partial charge on any atom is 0.160 e. The van der Waals surface area contributed by atoms with Crippen LogP contribution in [0.5, 0.6) is 11.5 Å². The van der Waals surface area contributed by atoms with E-state index in [0.29, 0.717) is 77.3 Å². The Morgan fingerprint density at radius 1 is 0.623 bits per heavy atom. The Bertz CT molecular complexity index is 1290. The predicted octanol–water partition coefficient (Wildman–Crippen LogP) is 7.61. The van der Waals surface area contributed by atoms with Crippen LogP contribution in [0.2, 0.25) is 0 Å². The van der Waals surface area contributed by atoms with E-state index in [9.17, 15) is 9.59 Å².